The summed E-state index contributed by atoms with van der Waals surface area (Å²) in [5.41, 5.74) is 1.12. The van der Waals surface area contributed by atoms with E-state index in [0.717, 1.165) is 17.7 Å². The molecule has 0 saturated carbocycles. The van der Waals surface area contributed by atoms with Gasteiger partial charge in [0, 0.05) is 13.1 Å². The van der Waals surface area contributed by atoms with Crippen LogP contribution in [0.25, 0.3) is 0 Å². The average Bonchev–Trinajstić information content (AvgIpc) is 2.47. The number of urea groups is 1. The van der Waals surface area contributed by atoms with Crippen LogP contribution in [0.15, 0.2) is 24.3 Å². The number of hydrogen-bond acceptors (Lipinski definition) is 3. The third-order valence-electron chi connectivity index (χ3n) is 3.33. The Labute approximate surface area is 126 Å². The summed E-state index contributed by atoms with van der Waals surface area (Å²) < 4.78 is 5.15. The first-order valence-electron chi connectivity index (χ1n) is 7.35. The minimum atomic E-state index is -0.373. The van der Waals surface area contributed by atoms with Gasteiger partial charge < -0.3 is 20.5 Å². The number of amides is 2. The number of aliphatic hydroxyl groups is 1. The van der Waals surface area contributed by atoms with Crippen LogP contribution in [0.1, 0.15) is 25.8 Å². The Balaban J connectivity index is 2.18. The topological polar surface area (TPSA) is 70.6 Å². The number of aliphatic hydroxyl groups excluding tert-OH is 1. The van der Waals surface area contributed by atoms with Gasteiger partial charge in [0.2, 0.25) is 0 Å². The first kappa shape index (κ1) is 17.3. The fourth-order valence-electron chi connectivity index (χ4n) is 1.88. The van der Waals surface area contributed by atoms with Crippen LogP contribution in [0.4, 0.5) is 4.79 Å². The van der Waals surface area contributed by atoms with Gasteiger partial charge in [-0.25, -0.2) is 4.79 Å². The highest BCUT2D eigenvalue weighted by Crippen LogP contribution is 2.12. The van der Waals surface area contributed by atoms with Crippen LogP contribution in [0, 0.1) is 5.92 Å². The zero-order chi connectivity index (χ0) is 15.7. The summed E-state index contributed by atoms with van der Waals surface area (Å²) in [4.78, 5) is 11.6. The van der Waals surface area contributed by atoms with E-state index >= 15 is 0 Å². The highest BCUT2D eigenvalue weighted by atomic mass is 16.5. The molecule has 0 heterocycles. The molecule has 2 amide bonds. The molecular weight excluding hydrogens is 268 g/mol. The second-order valence-corrected chi connectivity index (χ2v) is 5.38. The molecule has 0 aliphatic heterocycles. The summed E-state index contributed by atoms with van der Waals surface area (Å²) in [5, 5.41) is 15.2. The van der Waals surface area contributed by atoms with Crippen molar-refractivity contribution in [3.05, 3.63) is 29.8 Å². The van der Waals surface area contributed by atoms with Gasteiger partial charge in [0.05, 0.1) is 13.2 Å². The van der Waals surface area contributed by atoms with E-state index in [2.05, 4.69) is 10.6 Å². The van der Waals surface area contributed by atoms with Crippen LogP contribution in [-0.2, 0) is 6.42 Å². The maximum atomic E-state index is 11.6. The number of nitrogens with one attached hydrogen (secondary N) is 2. The van der Waals surface area contributed by atoms with Crippen molar-refractivity contribution in [1.29, 1.82) is 0 Å². The van der Waals surface area contributed by atoms with Crippen molar-refractivity contribution in [1.82, 2.24) is 10.6 Å². The molecule has 1 atom stereocenters. The summed E-state index contributed by atoms with van der Waals surface area (Å²) in [7, 11) is 1.64. The van der Waals surface area contributed by atoms with E-state index in [1.54, 1.807) is 7.11 Å². The van der Waals surface area contributed by atoms with E-state index < -0.39 is 0 Å². The maximum absolute atomic E-state index is 11.6. The molecule has 5 heteroatoms. The van der Waals surface area contributed by atoms with Crippen molar-refractivity contribution >= 4 is 6.03 Å². The Morgan fingerprint density at radius 3 is 2.67 bits per heavy atom. The van der Waals surface area contributed by atoms with Crippen LogP contribution in [0.2, 0.25) is 0 Å². The number of rotatable bonds is 8. The summed E-state index contributed by atoms with van der Waals surface area (Å²) in [6.45, 7) is 4.95. The standard InChI is InChI=1S/C16H26N2O3/c1-12(2)15(19)8-10-18-16(20)17-9-7-13-5-4-6-14(11-13)21-3/h4-6,11-12,15,19H,7-10H2,1-3H3,(H2,17,18,20). The van der Waals surface area contributed by atoms with E-state index in [9.17, 15) is 9.90 Å². The Bertz CT molecular complexity index is 435. The monoisotopic (exact) mass is 294 g/mol. The van der Waals surface area contributed by atoms with E-state index in [0.29, 0.717) is 19.5 Å². The molecule has 118 valence electrons. The van der Waals surface area contributed by atoms with Gasteiger partial charge in [-0.3, -0.25) is 0 Å². The molecule has 21 heavy (non-hydrogen) atoms. The van der Waals surface area contributed by atoms with E-state index in [4.69, 9.17) is 4.74 Å². The second-order valence-electron chi connectivity index (χ2n) is 5.38. The molecule has 0 fully saturated rings. The van der Waals surface area contributed by atoms with Crippen LogP contribution >= 0.6 is 0 Å². The predicted octanol–water partition coefficient (Wildman–Crippen LogP) is 1.94. The lowest BCUT2D eigenvalue weighted by atomic mass is 10.0. The van der Waals surface area contributed by atoms with Crippen LogP contribution in [-0.4, -0.2) is 37.4 Å². The lowest BCUT2D eigenvalue weighted by Crippen LogP contribution is -2.38. The number of benzene rings is 1. The first-order chi connectivity index (χ1) is 10.0. The van der Waals surface area contributed by atoms with E-state index in [1.165, 1.54) is 0 Å². The van der Waals surface area contributed by atoms with Crippen molar-refractivity contribution in [2.75, 3.05) is 20.2 Å². The minimum Gasteiger partial charge on any atom is -0.497 e. The van der Waals surface area contributed by atoms with Gasteiger partial charge in [0.1, 0.15) is 5.75 Å². The Kier molecular flexibility index (Phi) is 7.61. The summed E-state index contributed by atoms with van der Waals surface area (Å²) in [5.74, 6) is 1.03. The number of carbonyl (C=O) groups excluding carboxylic acids is 1. The molecule has 1 aromatic rings. The molecule has 0 bridgehead atoms. The molecule has 1 aromatic carbocycles. The fraction of sp³-hybridized carbons (Fsp3) is 0.562. The smallest absolute Gasteiger partial charge is 0.314 e. The second kappa shape index (κ2) is 9.23. The Morgan fingerprint density at radius 2 is 2.00 bits per heavy atom. The molecule has 0 aliphatic carbocycles. The number of methoxy groups -OCH3 is 1. The zero-order valence-corrected chi connectivity index (χ0v) is 13.1. The number of carbonyl (C=O) groups is 1. The predicted molar refractivity (Wildman–Crippen MR) is 83.6 cm³/mol. The maximum Gasteiger partial charge on any atom is 0.314 e. The SMILES string of the molecule is COc1cccc(CCNC(=O)NCCC(O)C(C)C)c1. The summed E-state index contributed by atoms with van der Waals surface area (Å²) in [6, 6.07) is 7.58. The van der Waals surface area contributed by atoms with Gasteiger partial charge in [-0.05, 0) is 36.5 Å². The molecular formula is C16H26N2O3. The molecule has 0 spiro atoms. The fourth-order valence-corrected chi connectivity index (χ4v) is 1.88. The van der Waals surface area contributed by atoms with Crippen molar-refractivity contribution in [2.24, 2.45) is 5.92 Å². The van der Waals surface area contributed by atoms with Gasteiger partial charge in [-0.15, -0.1) is 0 Å². The molecule has 0 aliphatic rings. The average molecular weight is 294 g/mol. The lowest BCUT2D eigenvalue weighted by molar-refractivity contribution is 0.116. The molecule has 1 rings (SSSR count). The van der Waals surface area contributed by atoms with E-state index in [-0.39, 0.29) is 18.1 Å². The van der Waals surface area contributed by atoms with Crippen LogP contribution in [0.3, 0.4) is 0 Å². The third kappa shape index (κ3) is 6.99. The van der Waals surface area contributed by atoms with Crippen molar-refractivity contribution in [3.63, 3.8) is 0 Å². The number of hydrogen-bond donors (Lipinski definition) is 3. The molecule has 0 radical (unpaired) electrons. The van der Waals surface area contributed by atoms with Gasteiger partial charge in [0.15, 0.2) is 0 Å². The first-order valence-corrected chi connectivity index (χ1v) is 7.35. The summed E-state index contributed by atoms with van der Waals surface area (Å²) >= 11 is 0. The number of ether oxygens (including phenoxy) is 1. The lowest BCUT2D eigenvalue weighted by Gasteiger charge is -2.14. The van der Waals surface area contributed by atoms with Gasteiger partial charge in [-0.1, -0.05) is 26.0 Å². The molecule has 0 aromatic heterocycles. The minimum absolute atomic E-state index is 0.200. The normalized spacial score (nSPS) is 12.0. The van der Waals surface area contributed by atoms with E-state index in [1.807, 2.05) is 38.1 Å². The van der Waals surface area contributed by atoms with Gasteiger partial charge in [0.25, 0.3) is 0 Å². The molecule has 5 nitrogen and oxygen atoms in total. The van der Waals surface area contributed by atoms with Gasteiger partial charge >= 0.3 is 6.03 Å². The summed E-state index contributed by atoms with van der Waals surface area (Å²) in [6.07, 6.45) is 0.947. The van der Waals surface area contributed by atoms with Crippen LogP contribution in [0.5, 0.6) is 5.75 Å². The quantitative estimate of drug-likeness (QED) is 0.686. The Morgan fingerprint density at radius 1 is 1.29 bits per heavy atom. The highest BCUT2D eigenvalue weighted by Gasteiger charge is 2.09. The van der Waals surface area contributed by atoms with Crippen molar-refractivity contribution in [3.8, 4) is 5.75 Å². The molecule has 1 unspecified atom stereocenters. The molecule has 3 N–H and O–H groups in total. The Hall–Kier alpha value is -1.75. The largest absolute Gasteiger partial charge is 0.497 e. The highest BCUT2D eigenvalue weighted by molar-refractivity contribution is 5.73. The van der Waals surface area contributed by atoms with Gasteiger partial charge in [-0.2, -0.15) is 0 Å². The zero-order valence-electron chi connectivity index (χ0n) is 13.1. The third-order valence-corrected chi connectivity index (χ3v) is 3.33. The van der Waals surface area contributed by atoms with Crippen LogP contribution < -0.4 is 15.4 Å². The molecule has 0 saturated heterocycles. The van der Waals surface area contributed by atoms with Crippen molar-refractivity contribution < 1.29 is 14.6 Å². The van der Waals surface area contributed by atoms with Crippen molar-refractivity contribution in [2.45, 2.75) is 32.8 Å².